The summed E-state index contributed by atoms with van der Waals surface area (Å²) in [5.74, 6) is 0.427. The van der Waals surface area contributed by atoms with Gasteiger partial charge in [0.05, 0.1) is 36.0 Å². The number of pyridine rings is 1. The van der Waals surface area contributed by atoms with Crippen LogP contribution in [-0.4, -0.2) is 17.0 Å². The van der Waals surface area contributed by atoms with Crippen LogP contribution in [0.25, 0.3) is 0 Å². The number of anilines is 1. The van der Waals surface area contributed by atoms with Crippen molar-refractivity contribution in [2.75, 3.05) is 12.4 Å². The highest BCUT2D eigenvalue weighted by atomic mass is 79.9. The van der Waals surface area contributed by atoms with E-state index < -0.39 is 4.92 Å². The fourth-order valence-electron chi connectivity index (χ4n) is 1.64. The Morgan fingerprint density at radius 3 is 2.80 bits per heavy atom. The molecular weight excluding hydrogens is 326 g/mol. The fourth-order valence-corrected chi connectivity index (χ4v) is 1.87. The van der Waals surface area contributed by atoms with Gasteiger partial charge < -0.3 is 10.1 Å². The van der Waals surface area contributed by atoms with Crippen molar-refractivity contribution in [3.05, 3.63) is 56.8 Å². The first-order chi connectivity index (χ1) is 9.60. The number of ether oxygens (including phenoxy) is 1. The van der Waals surface area contributed by atoms with Crippen molar-refractivity contribution in [3.63, 3.8) is 0 Å². The summed E-state index contributed by atoms with van der Waals surface area (Å²) in [6.07, 6.45) is 1.71. The van der Waals surface area contributed by atoms with E-state index in [9.17, 15) is 10.1 Å². The van der Waals surface area contributed by atoms with Crippen molar-refractivity contribution in [2.45, 2.75) is 6.54 Å². The number of nitrogens with zero attached hydrogens (tertiary/aromatic N) is 2. The lowest BCUT2D eigenvalue weighted by Gasteiger charge is -2.10. The van der Waals surface area contributed by atoms with Crippen molar-refractivity contribution in [2.24, 2.45) is 0 Å². The standard InChI is InChI=1S/C13H12BrN3O3/c1-20-13-6-11(17(18)19)4-5-12(13)16-8-10-3-2-9(14)7-15-10/h2-7,16H,8H2,1H3. The van der Waals surface area contributed by atoms with Crippen LogP contribution in [0.3, 0.4) is 0 Å². The second-order valence-electron chi connectivity index (χ2n) is 3.96. The number of nitro groups is 1. The molecule has 0 fully saturated rings. The van der Waals surface area contributed by atoms with Gasteiger partial charge in [0.1, 0.15) is 5.75 Å². The summed E-state index contributed by atoms with van der Waals surface area (Å²) in [6.45, 7) is 0.501. The lowest BCUT2D eigenvalue weighted by molar-refractivity contribution is -0.384. The Labute approximate surface area is 124 Å². The van der Waals surface area contributed by atoms with Gasteiger partial charge in [0.25, 0.3) is 5.69 Å². The number of halogens is 1. The van der Waals surface area contributed by atoms with E-state index in [0.717, 1.165) is 10.2 Å². The van der Waals surface area contributed by atoms with E-state index in [-0.39, 0.29) is 5.69 Å². The van der Waals surface area contributed by atoms with Crippen LogP contribution in [0.15, 0.2) is 41.0 Å². The van der Waals surface area contributed by atoms with Crippen molar-refractivity contribution >= 4 is 27.3 Å². The first kappa shape index (κ1) is 14.3. The quantitative estimate of drug-likeness (QED) is 0.668. The van der Waals surface area contributed by atoms with Crippen LogP contribution in [0.5, 0.6) is 5.75 Å². The maximum absolute atomic E-state index is 10.7. The minimum Gasteiger partial charge on any atom is -0.494 e. The lowest BCUT2D eigenvalue weighted by Crippen LogP contribution is -2.03. The SMILES string of the molecule is COc1cc([N+](=O)[O-])ccc1NCc1ccc(Br)cn1. The normalized spacial score (nSPS) is 10.1. The third-order valence-corrected chi connectivity index (χ3v) is 3.11. The molecule has 0 aliphatic carbocycles. The van der Waals surface area contributed by atoms with Crippen molar-refractivity contribution in [1.29, 1.82) is 0 Å². The van der Waals surface area contributed by atoms with E-state index >= 15 is 0 Å². The van der Waals surface area contributed by atoms with Gasteiger partial charge in [-0.25, -0.2) is 0 Å². The first-order valence-electron chi connectivity index (χ1n) is 5.77. The summed E-state index contributed by atoms with van der Waals surface area (Å²) < 4.78 is 6.06. The van der Waals surface area contributed by atoms with Gasteiger partial charge in [0, 0.05) is 16.7 Å². The smallest absolute Gasteiger partial charge is 0.273 e. The zero-order valence-corrected chi connectivity index (χ0v) is 12.3. The molecule has 0 radical (unpaired) electrons. The minimum absolute atomic E-state index is 0.00540. The fraction of sp³-hybridized carbons (Fsp3) is 0.154. The molecule has 2 rings (SSSR count). The van der Waals surface area contributed by atoms with Crippen molar-refractivity contribution in [3.8, 4) is 5.75 Å². The molecule has 2 aromatic rings. The molecule has 1 aromatic carbocycles. The number of rotatable bonds is 5. The third-order valence-electron chi connectivity index (χ3n) is 2.64. The number of nitro benzene ring substituents is 1. The predicted molar refractivity (Wildman–Crippen MR) is 78.9 cm³/mol. The third kappa shape index (κ3) is 3.45. The molecule has 6 nitrogen and oxygen atoms in total. The molecular formula is C13H12BrN3O3. The predicted octanol–water partition coefficient (Wildman–Crippen LogP) is 3.37. The Morgan fingerprint density at radius 2 is 2.20 bits per heavy atom. The monoisotopic (exact) mass is 337 g/mol. The average Bonchev–Trinajstić information content (AvgIpc) is 2.46. The molecule has 0 spiro atoms. The summed E-state index contributed by atoms with van der Waals surface area (Å²) in [4.78, 5) is 14.5. The Hall–Kier alpha value is -2.15. The van der Waals surface area contributed by atoms with Crippen LogP contribution >= 0.6 is 15.9 Å². The van der Waals surface area contributed by atoms with Crippen LogP contribution < -0.4 is 10.1 Å². The van der Waals surface area contributed by atoms with Crippen LogP contribution in [0.2, 0.25) is 0 Å². The zero-order valence-electron chi connectivity index (χ0n) is 10.7. The molecule has 1 aromatic heterocycles. The van der Waals surface area contributed by atoms with Gasteiger partial charge in [-0.1, -0.05) is 0 Å². The molecule has 0 amide bonds. The summed E-state index contributed by atoms with van der Waals surface area (Å²) in [5, 5.41) is 13.8. The lowest BCUT2D eigenvalue weighted by atomic mass is 10.2. The molecule has 0 aliphatic heterocycles. The maximum Gasteiger partial charge on any atom is 0.273 e. The van der Waals surface area contributed by atoms with E-state index in [2.05, 4.69) is 26.2 Å². The molecule has 0 atom stereocenters. The molecule has 1 heterocycles. The van der Waals surface area contributed by atoms with Gasteiger partial charge in [-0.2, -0.15) is 0 Å². The molecule has 0 bridgehead atoms. The summed E-state index contributed by atoms with van der Waals surface area (Å²) in [7, 11) is 1.47. The molecule has 20 heavy (non-hydrogen) atoms. The molecule has 1 N–H and O–H groups in total. The maximum atomic E-state index is 10.7. The average molecular weight is 338 g/mol. The molecule has 0 unspecified atom stereocenters. The van der Waals surface area contributed by atoms with Gasteiger partial charge in [0.2, 0.25) is 0 Å². The number of hydrogen-bond acceptors (Lipinski definition) is 5. The van der Waals surface area contributed by atoms with E-state index in [0.29, 0.717) is 18.0 Å². The Bertz CT molecular complexity index is 617. The number of non-ortho nitro benzene ring substituents is 1. The second-order valence-corrected chi connectivity index (χ2v) is 4.88. The Balaban J connectivity index is 2.12. The summed E-state index contributed by atoms with van der Waals surface area (Å²) >= 11 is 3.32. The molecule has 0 saturated heterocycles. The topological polar surface area (TPSA) is 77.3 Å². The molecule has 0 saturated carbocycles. The second kappa shape index (κ2) is 6.33. The van der Waals surface area contributed by atoms with Crippen molar-refractivity contribution in [1.82, 2.24) is 4.98 Å². The van der Waals surface area contributed by atoms with E-state index in [1.54, 1.807) is 12.3 Å². The highest BCUT2D eigenvalue weighted by Gasteiger charge is 2.11. The molecule has 0 aliphatic rings. The van der Waals surface area contributed by atoms with Crippen LogP contribution in [-0.2, 0) is 6.54 Å². The van der Waals surface area contributed by atoms with E-state index in [1.165, 1.54) is 19.2 Å². The van der Waals surface area contributed by atoms with E-state index in [1.807, 2.05) is 12.1 Å². The highest BCUT2D eigenvalue weighted by molar-refractivity contribution is 9.10. The number of benzene rings is 1. The molecule has 7 heteroatoms. The zero-order chi connectivity index (χ0) is 14.5. The van der Waals surface area contributed by atoms with Gasteiger partial charge in [0.15, 0.2) is 0 Å². The first-order valence-corrected chi connectivity index (χ1v) is 6.56. The van der Waals surface area contributed by atoms with Gasteiger partial charge in [-0.15, -0.1) is 0 Å². The Kier molecular flexibility index (Phi) is 4.52. The van der Waals surface area contributed by atoms with Crippen molar-refractivity contribution < 1.29 is 9.66 Å². The van der Waals surface area contributed by atoms with Crippen LogP contribution in [0.1, 0.15) is 5.69 Å². The minimum atomic E-state index is -0.456. The number of hydrogen-bond donors (Lipinski definition) is 1. The summed E-state index contributed by atoms with van der Waals surface area (Å²) in [6, 6.07) is 8.22. The highest BCUT2D eigenvalue weighted by Crippen LogP contribution is 2.29. The largest absolute Gasteiger partial charge is 0.494 e. The van der Waals surface area contributed by atoms with Gasteiger partial charge >= 0.3 is 0 Å². The number of nitrogens with one attached hydrogen (secondary N) is 1. The number of methoxy groups -OCH3 is 1. The van der Waals surface area contributed by atoms with E-state index in [4.69, 9.17) is 4.74 Å². The number of aromatic nitrogens is 1. The molecule has 104 valence electrons. The van der Waals surface area contributed by atoms with Gasteiger partial charge in [-0.3, -0.25) is 15.1 Å². The van der Waals surface area contributed by atoms with Crippen LogP contribution in [0, 0.1) is 10.1 Å². The van der Waals surface area contributed by atoms with Gasteiger partial charge in [-0.05, 0) is 34.1 Å². The Morgan fingerprint density at radius 1 is 1.40 bits per heavy atom. The van der Waals surface area contributed by atoms with Crippen LogP contribution in [0.4, 0.5) is 11.4 Å². The summed E-state index contributed by atoms with van der Waals surface area (Å²) in [5.41, 5.74) is 1.53.